The fourth-order valence-corrected chi connectivity index (χ4v) is 1.73. The molecule has 12 heavy (non-hydrogen) atoms. The summed E-state index contributed by atoms with van der Waals surface area (Å²) in [6.07, 6.45) is 0. The molecule has 1 unspecified atom stereocenters. The highest BCUT2D eigenvalue weighted by Gasteiger charge is 2.35. The maximum Gasteiger partial charge on any atom is 0.142 e. The van der Waals surface area contributed by atoms with Crippen molar-refractivity contribution in [2.75, 3.05) is 0 Å². The van der Waals surface area contributed by atoms with Crippen molar-refractivity contribution in [1.29, 1.82) is 0 Å². The molecule has 1 heterocycles. The van der Waals surface area contributed by atoms with Crippen LogP contribution in [0.5, 0.6) is 0 Å². The van der Waals surface area contributed by atoms with Gasteiger partial charge >= 0.3 is 0 Å². The van der Waals surface area contributed by atoms with E-state index in [1.165, 1.54) is 0 Å². The Bertz CT molecular complexity index is 313. The van der Waals surface area contributed by atoms with Gasteiger partial charge in [-0.05, 0) is 28.9 Å². The van der Waals surface area contributed by atoms with Crippen LogP contribution >= 0.6 is 15.9 Å². The van der Waals surface area contributed by atoms with Crippen LogP contribution in [0.3, 0.4) is 0 Å². The van der Waals surface area contributed by atoms with E-state index >= 15 is 0 Å². The van der Waals surface area contributed by atoms with Gasteiger partial charge in [-0.3, -0.25) is 0 Å². The molecule has 2 rings (SSSR count). The monoisotopic (exact) mass is 229 g/mol. The Morgan fingerprint density at radius 1 is 1.50 bits per heavy atom. The van der Waals surface area contributed by atoms with Crippen LogP contribution in [0.15, 0.2) is 22.7 Å². The van der Waals surface area contributed by atoms with Gasteiger partial charge in [0.05, 0.1) is 10.5 Å². The first kappa shape index (κ1) is 8.20. The first-order chi connectivity index (χ1) is 5.70. The van der Waals surface area contributed by atoms with Gasteiger partial charge in [0.1, 0.15) is 5.82 Å². The van der Waals surface area contributed by atoms with Gasteiger partial charge in [0.25, 0.3) is 0 Å². The summed E-state index contributed by atoms with van der Waals surface area (Å²) < 4.78 is 13.9. The van der Waals surface area contributed by atoms with Crippen molar-refractivity contribution in [1.82, 2.24) is 5.32 Å². The van der Waals surface area contributed by atoms with Gasteiger partial charge < -0.3 is 5.32 Å². The molecular weight excluding hydrogens is 221 g/mol. The molecule has 0 aliphatic carbocycles. The third-order valence-corrected chi connectivity index (χ3v) is 2.76. The minimum Gasteiger partial charge on any atom is -0.304 e. The molecule has 1 aromatic rings. The van der Waals surface area contributed by atoms with E-state index in [0.29, 0.717) is 10.5 Å². The maximum atomic E-state index is 13.4. The molecule has 0 amide bonds. The van der Waals surface area contributed by atoms with Crippen molar-refractivity contribution < 1.29 is 4.39 Å². The van der Waals surface area contributed by atoms with E-state index < -0.39 is 0 Å². The second kappa shape index (κ2) is 2.82. The minimum absolute atomic E-state index is 0.139. The molecule has 0 bridgehead atoms. The van der Waals surface area contributed by atoms with E-state index in [1.807, 2.05) is 19.1 Å². The van der Waals surface area contributed by atoms with E-state index in [4.69, 9.17) is 0 Å². The molecule has 1 fully saturated rings. The summed E-state index contributed by atoms with van der Waals surface area (Å²) in [5, 5.41) is 3.16. The van der Waals surface area contributed by atoms with E-state index in [2.05, 4.69) is 21.2 Å². The largest absolute Gasteiger partial charge is 0.304 e. The lowest BCUT2D eigenvalue weighted by Gasteiger charge is -2.00. The summed E-state index contributed by atoms with van der Waals surface area (Å²) in [7, 11) is 0. The molecule has 0 spiro atoms. The van der Waals surface area contributed by atoms with Gasteiger partial charge in [0.15, 0.2) is 0 Å². The van der Waals surface area contributed by atoms with Crippen LogP contribution in [-0.2, 0) is 0 Å². The third kappa shape index (κ3) is 1.27. The number of halogens is 2. The minimum atomic E-state index is -0.139. The van der Waals surface area contributed by atoms with Crippen LogP contribution in [0.2, 0.25) is 0 Å². The Kier molecular flexibility index (Phi) is 1.93. The molecule has 0 radical (unpaired) electrons. The molecule has 1 aromatic carbocycles. The van der Waals surface area contributed by atoms with Crippen LogP contribution in [-0.4, -0.2) is 6.04 Å². The second-order valence-corrected chi connectivity index (χ2v) is 3.93. The molecular formula is C9H9BrFN. The normalized spacial score (nSPS) is 27.2. The van der Waals surface area contributed by atoms with Gasteiger partial charge in [0.2, 0.25) is 0 Å². The predicted octanol–water partition coefficient (Wildman–Crippen LogP) is 2.62. The van der Waals surface area contributed by atoms with Crippen molar-refractivity contribution in [3.05, 3.63) is 34.1 Å². The fourth-order valence-electron chi connectivity index (χ4n) is 1.35. The second-order valence-electron chi connectivity index (χ2n) is 3.08. The number of benzene rings is 1. The summed E-state index contributed by atoms with van der Waals surface area (Å²) >= 11 is 3.16. The van der Waals surface area contributed by atoms with Crippen molar-refractivity contribution >= 4 is 15.9 Å². The molecule has 1 N–H and O–H groups in total. The lowest BCUT2D eigenvalue weighted by molar-refractivity contribution is 0.602. The first-order valence-electron chi connectivity index (χ1n) is 3.90. The summed E-state index contributed by atoms with van der Waals surface area (Å²) in [6, 6.07) is 6.01. The quantitative estimate of drug-likeness (QED) is 0.736. The van der Waals surface area contributed by atoms with E-state index in [0.717, 1.165) is 5.56 Å². The Morgan fingerprint density at radius 3 is 2.75 bits per heavy atom. The molecule has 1 aliphatic rings. The maximum absolute atomic E-state index is 13.4. The van der Waals surface area contributed by atoms with E-state index in [9.17, 15) is 4.39 Å². The number of hydrogen-bond acceptors (Lipinski definition) is 1. The lowest BCUT2D eigenvalue weighted by atomic mass is 10.1. The third-order valence-electron chi connectivity index (χ3n) is 2.15. The van der Waals surface area contributed by atoms with Gasteiger partial charge in [-0.15, -0.1) is 0 Å². The highest BCUT2D eigenvalue weighted by Crippen LogP contribution is 2.33. The van der Waals surface area contributed by atoms with Gasteiger partial charge in [-0.1, -0.05) is 12.1 Å². The van der Waals surface area contributed by atoms with Crippen LogP contribution in [0.4, 0.5) is 4.39 Å². The van der Waals surface area contributed by atoms with Crippen molar-refractivity contribution in [3.63, 3.8) is 0 Å². The van der Waals surface area contributed by atoms with Gasteiger partial charge in [0, 0.05) is 11.6 Å². The van der Waals surface area contributed by atoms with Crippen LogP contribution in [0, 0.1) is 5.82 Å². The molecule has 64 valence electrons. The zero-order valence-corrected chi connectivity index (χ0v) is 8.23. The van der Waals surface area contributed by atoms with Crippen LogP contribution in [0.1, 0.15) is 18.5 Å². The smallest absolute Gasteiger partial charge is 0.142 e. The van der Waals surface area contributed by atoms with E-state index in [-0.39, 0.29) is 11.9 Å². The molecule has 0 saturated carbocycles. The SMILES string of the molecule is C[C@H]1NC1c1cccc(Br)c1F. The van der Waals surface area contributed by atoms with Gasteiger partial charge in [-0.25, -0.2) is 4.39 Å². The summed E-state index contributed by atoms with van der Waals surface area (Å²) in [5.74, 6) is -0.139. The van der Waals surface area contributed by atoms with Crippen molar-refractivity contribution in [2.45, 2.75) is 19.0 Å². The molecule has 1 saturated heterocycles. The highest BCUT2D eigenvalue weighted by atomic mass is 79.9. The predicted molar refractivity (Wildman–Crippen MR) is 49.4 cm³/mol. The summed E-state index contributed by atoms with van der Waals surface area (Å²) in [4.78, 5) is 0. The average Bonchev–Trinajstić information content (AvgIpc) is 2.73. The Morgan fingerprint density at radius 2 is 2.17 bits per heavy atom. The Labute approximate surface area is 79.1 Å². The molecule has 3 heteroatoms. The zero-order chi connectivity index (χ0) is 8.72. The van der Waals surface area contributed by atoms with Crippen molar-refractivity contribution in [2.24, 2.45) is 0 Å². The number of hydrogen-bond donors (Lipinski definition) is 1. The summed E-state index contributed by atoms with van der Waals surface area (Å²) in [6.45, 7) is 2.05. The average molecular weight is 230 g/mol. The molecule has 2 atom stereocenters. The number of rotatable bonds is 1. The Balaban J connectivity index is 2.38. The molecule has 1 aliphatic heterocycles. The summed E-state index contributed by atoms with van der Waals surface area (Å²) in [5.41, 5.74) is 0.761. The first-order valence-corrected chi connectivity index (χ1v) is 4.69. The highest BCUT2D eigenvalue weighted by molar-refractivity contribution is 9.10. The Hall–Kier alpha value is -0.410. The standard InChI is InChI=1S/C9H9BrFN/c1-5-9(12-5)6-3-2-4-7(10)8(6)11/h2-5,9,12H,1H3/t5-,9?/m1/s1. The topological polar surface area (TPSA) is 21.9 Å². The zero-order valence-electron chi connectivity index (χ0n) is 6.64. The number of nitrogens with one attached hydrogen (secondary N) is 1. The lowest BCUT2D eigenvalue weighted by Crippen LogP contribution is -1.91. The van der Waals surface area contributed by atoms with Crippen LogP contribution < -0.4 is 5.32 Å². The molecule has 1 nitrogen and oxygen atoms in total. The fraction of sp³-hybridized carbons (Fsp3) is 0.333. The van der Waals surface area contributed by atoms with Crippen LogP contribution in [0.25, 0.3) is 0 Å². The van der Waals surface area contributed by atoms with E-state index in [1.54, 1.807) is 6.07 Å². The van der Waals surface area contributed by atoms with Crippen molar-refractivity contribution in [3.8, 4) is 0 Å². The molecule has 0 aromatic heterocycles. The van der Waals surface area contributed by atoms with Gasteiger partial charge in [-0.2, -0.15) is 0 Å².